The second-order valence-electron chi connectivity index (χ2n) is 1.15. The molecule has 0 aromatic carbocycles. The van der Waals surface area contributed by atoms with Gasteiger partial charge in [-0.2, -0.15) is 0 Å². The van der Waals surface area contributed by atoms with E-state index in [1.54, 1.807) is 0 Å². The van der Waals surface area contributed by atoms with Crippen molar-refractivity contribution in [2.24, 2.45) is 0 Å². The van der Waals surface area contributed by atoms with E-state index in [1.165, 1.54) is 0 Å². The molecule has 11 heavy (non-hydrogen) atoms. The molecule has 0 aliphatic rings. The van der Waals surface area contributed by atoms with E-state index in [4.69, 9.17) is 38.4 Å². The average Bonchev–Trinajstić information content (AvgIpc) is 1.12. The molecular weight excluding hydrogens is 250 g/mol. The summed E-state index contributed by atoms with van der Waals surface area (Å²) in [5, 5.41) is 0. The van der Waals surface area contributed by atoms with Gasteiger partial charge in [-0.3, -0.25) is 0 Å². The Hall–Kier alpha value is 0.737. The minimum absolute atomic E-state index is 0. The molecule has 0 atom stereocenters. The van der Waals surface area contributed by atoms with Crippen LogP contribution in [0.2, 0.25) is 0 Å². The third kappa shape index (κ3) is 1510. The molecule has 0 unspecified atom stereocenters. The maximum absolute atomic E-state index is 8.80. The first-order valence-corrected chi connectivity index (χ1v) is 5.25. The maximum Gasteiger partial charge on any atom is 2.00 e. The molecule has 6 N–H and O–H groups in total. The monoisotopic (exact) mass is 254 g/mol. The van der Waals surface area contributed by atoms with Gasteiger partial charge in [-0.1, -0.05) is 0 Å². The molecule has 0 fully saturated rings. The SMILES string of the molecule is O[Si](O)(O)O.[O-][Si]([O-])(O)O.[Zn+2]. The van der Waals surface area contributed by atoms with Crippen LogP contribution in [0.3, 0.4) is 0 Å². The smallest absolute Gasteiger partial charge is 0.828 e. The maximum atomic E-state index is 8.80. The quantitative estimate of drug-likeness (QED) is 0.232. The molecule has 0 saturated carbocycles. The van der Waals surface area contributed by atoms with E-state index in [0.29, 0.717) is 0 Å². The van der Waals surface area contributed by atoms with E-state index in [1.807, 2.05) is 0 Å². The zero-order valence-electron chi connectivity index (χ0n) is 5.21. The molecule has 0 heterocycles. The molecule has 0 aromatic rings. The molecule has 8 nitrogen and oxygen atoms in total. The zero-order valence-corrected chi connectivity index (χ0v) is 10.2. The summed E-state index contributed by atoms with van der Waals surface area (Å²) in [4.78, 5) is 61.1. The minimum Gasteiger partial charge on any atom is -0.828 e. The minimum atomic E-state index is -5.11. The van der Waals surface area contributed by atoms with Gasteiger partial charge in [0.25, 0.3) is 0 Å². The van der Waals surface area contributed by atoms with Crippen LogP contribution in [0.1, 0.15) is 0 Å². The van der Waals surface area contributed by atoms with Gasteiger partial charge < -0.3 is 38.4 Å². The summed E-state index contributed by atoms with van der Waals surface area (Å²) in [6.07, 6.45) is 0. The van der Waals surface area contributed by atoms with Crippen LogP contribution < -0.4 is 9.59 Å². The van der Waals surface area contributed by atoms with E-state index >= 15 is 0 Å². The fraction of sp³-hybridized carbons (Fsp3) is 0. The molecule has 0 aromatic heterocycles. The van der Waals surface area contributed by atoms with Crippen molar-refractivity contribution in [1.82, 2.24) is 0 Å². The largest absolute Gasteiger partial charge is 2.00 e. The van der Waals surface area contributed by atoms with Crippen LogP contribution in [0.25, 0.3) is 0 Å². The first kappa shape index (κ1) is 17.7. The van der Waals surface area contributed by atoms with Crippen LogP contribution >= 0.6 is 0 Å². The predicted octanol–water partition coefficient (Wildman–Crippen LogP) is -6.48. The van der Waals surface area contributed by atoms with Crippen LogP contribution in [0.15, 0.2) is 0 Å². The molecular formula is H6O8Si2Zn. The molecule has 0 amide bonds. The standard InChI is InChI=1S/H4O4Si.H2O4Si.Zn/c2*1-5(2,3)4;/h1-4H;1-2H;/q;-2;+2. The van der Waals surface area contributed by atoms with Crippen molar-refractivity contribution in [1.29, 1.82) is 0 Å². The van der Waals surface area contributed by atoms with Gasteiger partial charge in [-0.25, -0.2) is 0 Å². The Labute approximate surface area is 76.4 Å². The van der Waals surface area contributed by atoms with Crippen molar-refractivity contribution < 1.29 is 57.8 Å². The second kappa shape index (κ2) is 6.27. The molecule has 0 aliphatic heterocycles. The van der Waals surface area contributed by atoms with Crippen molar-refractivity contribution in [2.75, 3.05) is 0 Å². The summed E-state index contributed by atoms with van der Waals surface area (Å²) in [6, 6.07) is 0. The Morgan fingerprint density at radius 2 is 0.727 bits per heavy atom. The number of hydrogen-bond donors (Lipinski definition) is 6. The summed E-state index contributed by atoms with van der Waals surface area (Å²) in [7, 11) is -9.72. The Balaban J connectivity index is -0.000000107. The molecule has 0 aliphatic carbocycles. The molecule has 0 bridgehead atoms. The van der Waals surface area contributed by atoms with Crippen molar-refractivity contribution in [3.63, 3.8) is 0 Å². The predicted molar refractivity (Wildman–Crippen MR) is 24.8 cm³/mol. The molecule has 0 radical (unpaired) electrons. The zero-order chi connectivity index (χ0) is 9.00. The van der Waals surface area contributed by atoms with Crippen LogP contribution in [0.5, 0.6) is 0 Å². The first-order valence-electron chi connectivity index (χ1n) is 1.75. The molecule has 64 valence electrons. The number of rotatable bonds is 0. The normalized spacial score (nSPS) is 10.9. The van der Waals surface area contributed by atoms with Gasteiger partial charge >= 0.3 is 28.5 Å². The first-order chi connectivity index (χ1) is 4.00. The fourth-order valence-electron chi connectivity index (χ4n) is 0. The average molecular weight is 256 g/mol. The van der Waals surface area contributed by atoms with Gasteiger partial charge in [0.2, 0.25) is 0 Å². The van der Waals surface area contributed by atoms with E-state index in [-0.39, 0.29) is 19.5 Å². The number of hydrogen-bond acceptors (Lipinski definition) is 8. The van der Waals surface area contributed by atoms with Crippen LogP contribution in [-0.4, -0.2) is 46.9 Å². The van der Waals surface area contributed by atoms with Gasteiger partial charge in [0.15, 0.2) is 0 Å². The Bertz CT molecular complexity index is 55.1. The van der Waals surface area contributed by atoms with Gasteiger partial charge in [0, 0.05) is 0 Å². The van der Waals surface area contributed by atoms with Crippen LogP contribution in [0.4, 0.5) is 0 Å². The van der Waals surface area contributed by atoms with Crippen molar-refractivity contribution in [3.05, 3.63) is 0 Å². The topological polar surface area (TPSA) is 168 Å². The van der Waals surface area contributed by atoms with Gasteiger partial charge in [0.1, 0.15) is 9.05 Å². The summed E-state index contributed by atoms with van der Waals surface area (Å²) >= 11 is 0. The van der Waals surface area contributed by atoms with Crippen molar-refractivity contribution >= 4 is 18.1 Å². The van der Waals surface area contributed by atoms with E-state index < -0.39 is 18.1 Å². The van der Waals surface area contributed by atoms with Gasteiger partial charge in [-0.05, 0) is 0 Å². The molecule has 0 spiro atoms. The summed E-state index contributed by atoms with van der Waals surface area (Å²) in [5.74, 6) is 0. The summed E-state index contributed by atoms with van der Waals surface area (Å²) in [5.41, 5.74) is 0. The van der Waals surface area contributed by atoms with Gasteiger partial charge in [0.05, 0.1) is 0 Å². The fourth-order valence-corrected chi connectivity index (χ4v) is 0. The second-order valence-corrected chi connectivity index (χ2v) is 3.45. The van der Waals surface area contributed by atoms with Crippen molar-refractivity contribution in [3.8, 4) is 0 Å². The third-order valence-corrected chi connectivity index (χ3v) is 0. The Kier molecular flexibility index (Phi) is 10.1. The van der Waals surface area contributed by atoms with Crippen molar-refractivity contribution in [2.45, 2.75) is 0 Å². The van der Waals surface area contributed by atoms with E-state index in [9.17, 15) is 0 Å². The Morgan fingerprint density at radius 3 is 0.727 bits per heavy atom. The Morgan fingerprint density at radius 1 is 0.727 bits per heavy atom. The summed E-state index contributed by atoms with van der Waals surface area (Å²) < 4.78 is 0. The molecule has 0 rings (SSSR count). The van der Waals surface area contributed by atoms with E-state index in [0.717, 1.165) is 0 Å². The van der Waals surface area contributed by atoms with Crippen LogP contribution in [0, 0.1) is 0 Å². The van der Waals surface area contributed by atoms with E-state index in [2.05, 4.69) is 0 Å². The van der Waals surface area contributed by atoms with Gasteiger partial charge in [-0.15, -0.1) is 0 Å². The van der Waals surface area contributed by atoms with Crippen LogP contribution in [-0.2, 0) is 19.5 Å². The molecule has 11 heteroatoms. The third-order valence-electron chi connectivity index (χ3n) is 0. The molecule has 0 saturated heterocycles. The summed E-state index contributed by atoms with van der Waals surface area (Å²) in [6.45, 7) is 0.